The number of para-hydroxylation sites is 1. The summed E-state index contributed by atoms with van der Waals surface area (Å²) in [6.07, 6.45) is 2.90. The zero-order valence-electron chi connectivity index (χ0n) is 24.1. The van der Waals surface area contributed by atoms with Gasteiger partial charge in [0.25, 0.3) is 0 Å². The minimum atomic E-state index is -1.23. The minimum Gasteiger partial charge on any atom is -0.480 e. The number of carboxylic acid groups (broad SMARTS) is 1. The Morgan fingerprint density at radius 1 is 0.976 bits per heavy atom. The van der Waals surface area contributed by atoms with Crippen LogP contribution in [0.25, 0.3) is 10.9 Å². The van der Waals surface area contributed by atoms with E-state index in [2.05, 4.69) is 25.9 Å². The molecule has 0 saturated heterocycles. The quantitative estimate of drug-likeness (QED) is 0.0791. The Morgan fingerprint density at radius 3 is 2.24 bits per heavy atom. The zero-order chi connectivity index (χ0) is 30.7. The minimum absolute atomic E-state index is 0.0732. The van der Waals surface area contributed by atoms with Gasteiger partial charge in [0.1, 0.15) is 18.1 Å². The number of amides is 3. The van der Waals surface area contributed by atoms with Crippen LogP contribution in [0, 0.1) is 11.8 Å². The largest absolute Gasteiger partial charge is 0.480 e. The fraction of sp³-hybridized carbons (Fsp3) is 0.536. The lowest BCUT2D eigenvalue weighted by molar-refractivity contribution is -0.142. The van der Waals surface area contributed by atoms with E-state index >= 15 is 0 Å². The van der Waals surface area contributed by atoms with Crippen molar-refractivity contribution in [1.29, 1.82) is 0 Å². The van der Waals surface area contributed by atoms with Gasteiger partial charge in [-0.3, -0.25) is 19.4 Å². The van der Waals surface area contributed by atoms with E-state index in [9.17, 15) is 24.3 Å². The molecular weight excluding hydrogens is 528 g/mol. The van der Waals surface area contributed by atoms with E-state index in [1.165, 1.54) is 0 Å². The Balaban J connectivity index is 2.29. The van der Waals surface area contributed by atoms with Crippen molar-refractivity contribution in [2.24, 2.45) is 34.0 Å². The molecule has 0 fully saturated rings. The van der Waals surface area contributed by atoms with Crippen LogP contribution < -0.4 is 33.2 Å². The molecule has 0 aliphatic rings. The van der Waals surface area contributed by atoms with Gasteiger partial charge >= 0.3 is 5.97 Å². The van der Waals surface area contributed by atoms with Crippen molar-refractivity contribution in [3.8, 4) is 0 Å². The van der Waals surface area contributed by atoms with Crippen LogP contribution in [0.1, 0.15) is 52.5 Å². The average Bonchev–Trinajstić information content (AvgIpc) is 3.33. The number of carbonyl (C=O) groups excluding carboxylic acids is 3. The predicted octanol–water partition coefficient (Wildman–Crippen LogP) is 0.332. The van der Waals surface area contributed by atoms with Gasteiger partial charge in [-0.05, 0) is 36.3 Å². The van der Waals surface area contributed by atoms with Gasteiger partial charge in [-0.15, -0.1) is 0 Å². The molecular formula is C28H44N8O5. The molecule has 1 heterocycles. The maximum atomic E-state index is 13.5. The molecule has 13 heteroatoms. The SMILES string of the molecule is CCC(C)C(N)C(=O)NC(C(=O)NC(Cc1c[nH]c2ccccc12)C(=O)NC(CCCN=C(N)N)C(=O)O)C(C)C. The van der Waals surface area contributed by atoms with E-state index < -0.39 is 47.9 Å². The number of fused-ring (bicyclic) bond motifs is 1. The third-order valence-corrected chi connectivity index (χ3v) is 7.10. The smallest absolute Gasteiger partial charge is 0.326 e. The number of aliphatic imine (C=N–C) groups is 1. The molecule has 11 N–H and O–H groups in total. The molecule has 0 saturated carbocycles. The second-order valence-electron chi connectivity index (χ2n) is 10.6. The fourth-order valence-corrected chi connectivity index (χ4v) is 4.32. The number of rotatable bonds is 16. The lowest BCUT2D eigenvalue weighted by Gasteiger charge is -2.28. The number of aromatic amines is 1. The average molecular weight is 573 g/mol. The highest BCUT2D eigenvalue weighted by molar-refractivity contribution is 5.95. The lowest BCUT2D eigenvalue weighted by atomic mass is 9.97. The number of nitrogens with one attached hydrogen (secondary N) is 4. The first-order valence-electron chi connectivity index (χ1n) is 13.9. The highest BCUT2D eigenvalue weighted by Crippen LogP contribution is 2.19. The number of nitrogens with zero attached hydrogens (tertiary/aromatic N) is 1. The second kappa shape index (κ2) is 15.6. The summed E-state index contributed by atoms with van der Waals surface area (Å²) in [5.74, 6) is -3.47. The molecule has 5 unspecified atom stereocenters. The lowest BCUT2D eigenvalue weighted by Crippen LogP contribution is -2.59. The molecule has 1 aromatic heterocycles. The highest BCUT2D eigenvalue weighted by atomic mass is 16.4. The molecule has 2 aromatic rings. The van der Waals surface area contributed by atoms with Crippen LogP contribution in [0.2, 0.25) is 0 Å². The number of nitrogens with two attached hydrogens (primary N) is 3. The topological polar surface area (TPSA) is 231 Å². The molecule has 0 aliphatic carbocycles. The first kappa shape index (κ1) is 33.1. The van der Waals surface area contributed by atoms with E-state index in [0.29, 0.717) is 12.8 Å². The molecule has 3 amide bonds. The van der Waals surface area contributed by atoms with Crippen LogP contribution in [-0.2, 0) is 25.6 Å². The summed E-state index contributed by atoms with van der Waals surface area (Å²) in [4.78, 5) is 58.6. The van der Waals surface area contributed by atoms with Gasteiger partial charge < -0.3 is 43.2 Å². The molecule has 0 radical (unpaired) electrons. The number of H-pyrrole nitrogens is 1. The van der Waals surface area contributed by atoms with Crippen LogP contribution in [0.4, 0.5) is 0 Å². The normalized spacial score (nSPS) is 14.9. The molecule has 226 valence electrons. The number of hydrogen-bond acceptors (Lipinski definition) is 6. The molecule has 1 aromatic carbocycles. The van der Waals surface area contributed by atoms with Gasteiger partial charge in [0, 0.05) is 30.1 Å². The summed E-state index contributed by atoms with van der Waals surface area (Å²) in [5.41, 5.74) is 18.3. The molecule has 0 bridgehead atoms. The van der Waals surface area contributed by atoms with Crippen LogP contribution in [0.3, 0.4) is 0 Å². The summed E-state index contributed by atoms with van der Waals surface area (Å²) in [7, 11) is 0. The van der Waals surface area contributed by atoms with Crippen LogP contribution in [0.15, 0.2) is 35.5 Å². The van der Waals surface area contributed by atoms with Crippen LogP contribution in [-0.4, -0.2) is 70.5 Å². The highest BCUT2D eigenvalue weighted by Gasteiger charge is 2.32. The number of guanidine groups is 1. The molecule has 13 nitrogen and oxygen atoms in total. The van der Waals surface area contributed by atoms with E-state index in [-0.39, 0.29) is 37.2 Å². The summed E-state index contributed by atoms with van der Waals surface area (Å²) in [6.45, 7) is 7.51. The van der Waals surface area contributed by atoms with Crippen molar-refractivity contribution < 1.29 is 24.3 Å². The molecule has 0 spiro atoms. The Hall–Kier alpha value is -4.13. The monoisotopic (exact) mass is 572 g/mol. The van der Waals surface area contributed by atoms with E-state index in [1.807, 2.05) is 38.1 Å². The summed E-state index contributed by atoms with van der Waals surface area (Å²) < 4.78 is 0. The molecule has 41 heavy (non-hydrogen) atoms. The number of carboxylic acids is 1. The molecule has 2 rings (SSSR count). The number of carbonyl (C=O) groups is 4. The van der Waals surface area contributed by atoms with E-state index in [0.717, 1.165) is 16.5 Å². The Labute approximate surface area is 240 Å². The Morgan fingerprint density at radius 2 is 1.63 bits per heavy atom. The zero-order valence-corrected chi connectivity index (χ0v) is 24.1. The van der Waals surface area contributed by atoms with Crippen LogP contribution in [0.5, 0.6) is 0 Å². The van der Waals surface area contributed by atoms with Gasteiger partial charge in [0.15, 0.2) is 5.96 Å². The van der Waals surface area contributed by atoms with Gasteiger partial charge in [-0.1, -0.05) is 52.3 Å². The third kappa shape index (κ3) is 9.78. The molecule has 5 atom stereocenters. The summed E-state index contributed by atoms with van der Waals surface area (Å²) in [6, 6.07) is 3.36. The van der Waals surface area contributed by atoms with Crippen molar-refractivity contribution in [2.45, 2.75) is 77.5 Å². The third-order valence-electron chi connectivity index (χ3n) is 7.10. The van der Waals surface area contributed by atoms with Gasteiger partial charge in [0.05, 0.1) is 6.04 Å². The molecule has 0 aliphatic heterocycles. The van der Waals surface area contributed by atoms with Gasteiger partial charge in [0.2, 0.25) is 17.7 Å². The van der Waals surface area contributed by atoms with Crippen LogP contribution >= 0.6 is 0 Å². The van der Waals surface area contributed by atoms with Crippen molar-refractivity contribution in [1.82, 2.24) is 20.9 Å². The maximum absolute atomic E-state index is 13.5. The van der Waals surface area contributed by atoms with Gasteiger partial charge in [-0.2, -0.15) is 0 Å². The Kier molecular flexibility index (Phi) is 12.6. The second-order valence-corrected chi connectivity index (χ2v) is 10.6. The van der Waals surface area contributed by atoms with Crippen molar-refractivity contribution in [2.75, 3.05) is 6.54 Å². The summed E-state index contributed by atoms with van der Waals surface area (Å²) >= 11 is 0. The van der Waals surface area contributed by atoms with Crippen molar-refractivity contribution in [3.05, 3.63) is 36.0 Å². The van der Waals surface area contributed by atoms with Crippen molar-refractivity contribution >= 4 is 40.6 Å². The number of benzene rings is 1. The Bertz CT molecular complexity index is 1220. The first-order chi connectivity index (χ1) is 19.3. The maximum Gasteiger partial charge on any atom is 0.326 e. The van der Waals surface area contributed by atoms with E-state index in [1.54, 1.807) is 20.0 Å². The number of aromatic nitrogens is 1. The van der Waals surface area contributed by atoms with E-state index in [4.69, 9.17) is 17.2 Å². The summed E-state index contributed by atoms with van der Waals surface area (Å²) in [5, 5.41) is 18.6. The first-order valence-corrected chi connectivity index (χ1v) is 13.9. The standard InChI is InChI=1S/C28H44N8O5/c1-5-16(4)22(29)25(38)36-23(15(2)3)26(39)35-21(13-17-14-33-19-10-7-6-9-18(17)19)24(37)34-20(27(40)41)11-8-12-32-28(30)31/h6-7,9-10,14-16,20-23,33H,5,8,11-13,29H2,1-4H3,(H,34,37)(H,35,39)(H,36,38)(H,40,41)(H4,30,31,32). The van der Waals surface area contributed by atoms with Gasteiger partial charge in [-0.25, -0.2) is 4.79 Å². The predicted molar refractivity (Wildman–Crippen MR) is 158 cm³/mol. The van der Waals surface area contributed by atoms with Crippen molar-refractivity contribution in [3.63, 3.8) is 0 Å². The number of hydrogen-bond donors (Lipinski definition) is 8. The number of aliphatic carboxylic acids is 1. The fourth-order valence-electron chi connectivity index (χ4n) is 4.32.